The molecule has 0 aliphatic rings. The van der Waals surface area contributed by atoms with Crippen LogP contribution in [0.2, 0.25) is 0 Å². The van der Waals surface area contributed by atoms with E-state index in [4.69, 9.17) is 10.00 Å². The van der Waals surface area contributed by atoms with Gasteiger partial charge in [-0.1, -0.05) is 13.0 Å². The third-order valence-electron chi connectivity index (χ3n) is 4.15. The molecule has 0 heterocycles. The molecule has 2 rings (SSSR count). The highest BCUT2D eigenvalue weighted by Crippen LogP contribution is 2.36. The van der Waals surface area contributed by atoms with Crippen LogP contribution in [0.3, 0.4) is 0 Å². The Morgan fingerprint density at radius 1 is 1.21 bits per heavy atom. The van der Waals surface area contributed by atoms with E-state index in [2.05, 4.69) is 5.32 Å². The molecule has 8 heteroatoms. The molecule has 0 saturated carbocycles. The molecule has 0 aliphatic carbocycles. The van der Waals surface area contributed by atoms with Gasteiger partial charge < -0.3 is 15.2 Å². The van der Waals surface area contributed by atoms with Gasteiger partial charge in [0.15, 0.2) is 17.2 Å². The lowest BCUT2D eigenvalue weighted by molar-refractivity contribution is -0.112. The summed E-state index contributed by atoms with van der Waals surface area (Å²) in [6.07, 6.45) is 0.323. The highest BCUT2D eigenvalue weighted by molar-refractivity contribution is 6.07. The summed E-state index contributed by atoms with van der Waals surface area (Å²) in [7, 11) is 0. The Morgan fingerprint density at radius 3 is 2.45 bits per heavy atom. The van der Waals surface area contributed by atoms with E-state index in [9.17, 15) is 23.1 Å². The number of benzene rings is 2. The number of aliphatic hydroxyl groups excluding tert-OH is 1. The van der Waals surface area contributed by atoms with Gasteiger partial charge in [-0.05, 0) is 44.0 Å². The van der Waals surface area contributed by atoms with Gasteiger partial charge in [0.1, 0.15) is 23.4 Å². The normalized spacial score (nSPS) is 12.6. The second kappa shape index (κ2) is 9.15. The first-order valence-corrected chi connectivity index (χ1v) is 8.74. The van der Waals surface area contributed by atoms with E-state index in [1.54, 1.807) is 6.92 Å². The molecule has 1 unspecified atom stereocenters. The van der Waals surface area contributed by atoms with Gasteiger partial charge in [-0.3, -0.25) is 4.79 Å². The van der Waals surface area contributed by atoms with Gasteiger partial charge in [0.05, 0.1) is 11.8 Å². The Morgan fingerprint density at radius 2 is 1.90 bits per heavy atom. The minimum atomic E-state index is -1.10. The number of hydrogen-bond acceptors (Lipinski definition) is 4. The van der Waals surface area contributed by atoms with Crippen LogP contribution in [-0.4, -0.2) is 17.1 Å². The first-order chi connectivity index (χ1) is 13.7. The van der Waals surface area contributed by atoms with Crippen molar-refractivity contribution in [2.75, 3.05) is 5.32 Å². The molecule has 5 nitrogen and oxygen atoms in total. The van der Waals surface area contributed by atoms with Crippen LogP contribution in [0.25, 0.3) is 11.1 Å². The number of amides is 1. The zero-order valence-electron chi connectivity index (χ0n) is 16.0. The quantitative estimate of drug-likeness (QED) is 0.392. The number of ether oxygens (including phenoxy) is 1. The molecular weight excluding hydrogens is 385 g/mol. The monoisotopic (exact) mass is 404 g/mol. The molecule has 2 N–H and O–H groups in total. The number of nitrogens with one attached hydrogen (secondary N) is 1. The van der Waals surface area contributed by atoms with Gasteiger partial charge in [0, 0.05) is 11.6 Å². The Bertz CT molecular complexity index is 1010. The molecule has 29 heavy (non-hydrogen) atoms. The van der Waals surface area contributed by atoms with E-state index in [0.717, 1.165) is 25.1 Å². The Balaban J connectivity index is 2.55. The number of nitrogens with zero attached hydrogens (tertiary/aromatic N) is 1. The van der Waals surface area contributed by atoms with Crippen LogP contribution in [0, 0.1) is 28.8 Å². The molecule has 1 atom stereocenters. The van der Waals surface area contributed by atoms with Crippen molar-refractivity contribution in [2.45, 2.75) is 33.3 Å². The highest BCUT2D eigenvalue weighted by Gasteiger charge is 2.19. The van der Waals surface area contributed by atoms with Crippen LogP contribution < -0.4 is 10.1 Å². The van der Waals surface area contributed by atoms with Gasteiger partial charge in [-0.25, -0.2) is 13.2 Å². The summed E-state index contributed by atoms with van der Waals surface area (Å²) in [6, 6.07) is 6.85. The van der Waals surface area contributed by atoms with Crippen LogP contribution in [-0.2, 0) is 4.79 Å². The lowest BCUT2D eigenvalue weighted by atomic mass is 10.0. The smallest absolute Gasteiger partial charge is 0.269 e. The maximum absolute atomic E-state index is 14.6. The van der Waals surface area contributed by atoms with Crippen molar-refractivity contribution in [3.05, 3.63) is 59.1 Å². The van der Waals surface area contributed by atoms with E-state index >= 15 is 0 Å². The first kappa shape index (κ1) is 21.8. The van der Waals surface area contributed by atoms with Crippen molar-refractivity contribution in [2.24, 2.45) is 0 Å². The summed E-state index contributed by atoms with van der Waals surface area (Å²) < 4.78 is 47.3. The van der Waals surface area contributed by atoms with Crippen LogP contribution in [0.1, 0.15) is 27.2 Å². The molecule has 0 spiro atoms. The summed E-state index contributed by atoms with van der Waals surface area (Å²) in [5.41, 5.74) is -0.524. The summed E-state index contributed by atoms with van der Waals surface area (Å²) in [6.45, 7) is 4.78. The zero-order chi connectivity index (χ0) is 21.7. The Hall–Kier alpha value is -3.47. The summed E-state index contributed by atoms with van der Waals surface area (Å²) in [5, 5.41) is 20.5. The fourth-order valence-electron chi connectivity index (χ4n) is 2.42. The van der Waals surface area contributed by atoms with Crippen molar-refractivity contribution >= 4 is 11.6 Å². The topological polar surface area (TPSA) is 82.3 Å². The predicted molar refractivity (Wildman–Crippen MR) is 102 cm³/mol. The number of rotatable bonds is 6. The van der Waals surface area contributed by atoms with Crippen LogP contribution in [0.15, 0.2) is 41.7 Å². The molecule has 0 radical (unpaired) electrons. The zero-order valence-corrected chi connectivity index (χ0v) is 16.0. The van der Waals surface area contributed by atoms with E-state index in [1.165, 1.54) is 18.2 Å². The van der Waals surface area contributed by atoms with Crippen molar-refractivity contribution in [1.29, 1.82) is 5.26 Å². The predicted octanol–water partition coefficient (Wildman–Crippen LogP) is 5.24. The molecule has 0 bridgehead atoms. The standard InChI is InChI=1S/C21H19F3N2O3/c1-4-11(2)29-20-9-19(26-21(28)15(10-25)12(3)27)18(24)8-14(20)13-5-6-16(22)17(23)7-13/h5-9,11,27H,4H2,1-3H3,(H,26,28)/b15-12-. The molecular formula is C21H19F3N2O3. The van der Waals surface area contributed by atoms with Gasteiger partial charge in [-0.2, -0.15) is 5.26 Å². The highest BCUT2D eigenvalue weighted by atomic mass is 19.2. The lowest BCUT2D eigenvalue weighted by Gasteiger charge is -2.18. The van der Waals surface area contributed by atoms with Crippen molar-refractivity contribution in [3.8, 4) is 22.9 Å². The third kappa shape index (κ3) is 5.08. The minimum absolute atomic E-state index is 0.130. The maximum atomic E-state index is 14.6. The first-order valence-electron chi connectivity index (χ1n) is 8.74. The van der Waals surface area contributed by atoms with Gasteiger partial charge in [-0.15, -0.1) is 0 Å². The SMILES string of the molecule is CCC(C)Oc1cc(NC(=O)/C(C#N)=C(/C)O)c(F)cc1-c1ccc(F)c(F)c1. The summed E-state index contributed by atoms with van der Waals surface area (Å²) in [4.78, 5) is 12.1. The molecule has 1 amide bonds. The molecule has 0 aliphatic heterocycles. The lowest BCUT2D eigenvalue weighted by Crippen LogP contribution is -2.17. The average molecular weight is 404 g/mol. The molecule has 0 fully saturated rings. The van der Waals surface area contributed by atoms with E-state index < -0.39 is 34.7 Å². The van der Waals surface area contributed by atoms with E-state index in [0.29, 0.717) is 6.42 Å². The number of anilines is 1. The van der Waals surface area contributed by atoms with Crippen molar-refractivity contribution < 1.29 is 27.8 Å². The molecule has 152 valence electrons. The van der Waals surface area contributed by atoms with Crippen LogP contribution >= 0.6 is 0 Å². The maximum Gasteiger partial charge on any atom is 0.269 e. The molecule has 0 aromatic heterocycles. The van der Waals surface area contributed by atoms with Crippen molar-refractivity contribution in [1.82, 2.24) is 0 Å². The number of hydrogen-bond donors (Lipinski definition) is 2. The average Bonchev–Trinajstić information content (AvgIpc) is 2.66. The Labute approximate surface area is 166 Å². The number of aliphatic hydroxyl groups is 1. The number of carbonyl (C=O) groups excluding carboxylic acids is 1. The molecule has 0 saturated heterocycles. The molecule has 2 aromatic rings. The summed E-state index contributed by atoms with van der Waals surface area (Å²) >= 11 is 0. The number of halogens is 3. The second-order valence-electron chi connectivity index (χ2n) is 6.32. The minimum Gasteiger partial charge on any atom is -0.511 e. The fourth-order valence-corrected chi connectivity index (χ4v) is 2.42. The fraction of sp³-hybridized carbons (Fsp3) is 0.238. The largest absolute Gasteiger partial charge is 0.511 e. The van der Waals surface area contributed by atoms with Crippen LogP contribution in [0.5, 0.6) is 5.75 Å². The second-order valence-corrected chi connectivity index (χ2v) is 6.32. The van der Waals surface area contributed by atoms with Gasteiger partial charge in [0.25, 0.3) is 5.91 Å². The molecule has 2 aromatic carbocycles. The number of nitriles is 1. The van der Waals surface area contributed by atoms with Crippen molar-refractivity contribution in [3.63, 3.8) is 0 Å². The number of allylic oxidation sites excluding steroid dienone is 1. The van der Waals surface area contributed by atoms with E-state index in [-0.39, 0.29) is 28.7 Å². The Kier molecular flexibility index (Phi) is 6.89. The van der Waals surface area contributed by atoms with Gasteiger partial charge in [0.2, 0.25) is 0 Å². The summed E-state index contributed by atoms with van der Waals surface area (Å²) in [5.74, 6) is -4.41. The number of carbonyl (C=O) groups is 1. The van der Waals surface area contributed by atoms with Gasteiger partial charge >= 0.3 is 0 Å². The van der Waals surface area contributed by atoms with E-state index in [1.807, 2.05) is 6.92 Å². The van der Waals surface area contributed by atoms with Crippen LogP contribution in [0.4, 0.5) is 18.9 Å². The third-order valence-corrected chi connectivity index (χ3v) is 4.15.